The van der Waals surface area contributed by atoms with Crippen LogP contribution in [-0.2, 0) is 0 Å². The lowest BCUT2D eigenvalue weighted by atomic mass is 9.48. The van der Waals surface area contributed by atoms with Gasteiger partial charge in [0, 0.05) is 11.8 Å². The third-order valence-corrected chi connectivity index (χ3v) is 4.35. The van der Waals surface area contributed by atoms with Crippen LogP contribution in [0.3, 0.4) is 0 Å². The summed E-state index contributed by atoms with van der Waals surface area (Å²) in [6.07, 6.45) is 14.2. The molecule has 20 heavy (non-hydrogen) atoms. The van der Waals surface area contributed by atoms with Gasteiger partial charge in [0.1, 0.15) is 0 Å². The van der Waals surface area contributed by atoms with Crippen molar-refractivity contribution >= 4 is 12.9 Å². The van der Waals surface area contributed by atoms with Crippen molar-refractivity contribution in [2.75, 3.05) is 0 Å². The van der Waals surface area contributed by atoms with Crippen LogP contribution in [0.1, 0.15) is 78.6 Å². The largest absolute Gasteiger partial charge is 0.272 e. The maximum Gasteiger partial charge on any atom is 0.188 e. The van der Waals surface area contributed by atoms with Crippen LogP contribution in [0.4, 0.5) is 0 Å². The maximum atomic E-state index is 4.54. The highest BCUT2D eigenvalue weighted by Crippen LogP contribution is 2.37. The van der Waals surface area contributed by atoms with Gasteiger partial charge in [-0.2, -0.15) is 0 Å². The van der Waals surface area contributed by atoms with E-state index >= 15 is 0 Å². The minimum absolute atomic E-state index is 0.442. The predicted octanol–water partition coefficient (Wildman–Crippen LogP) is 4.87. The lowest BCUT2D eigenvalue weighted by molar-refractivity contribution is 0.455. The van der Waals surface area contributed by atoms with Gasteiger partial charge in [-0.05, 0) is 6.07 Å². The SMILES string of the molecule is CCCCCCC(C)(Bc1ccccn1)CCCCC. The van der Waals surface area contributed by atoms with E-state index in [1.807, 2.05) is 12.3 Å². The van der Waals surface area contributed by atoms with E-state index in [-0.39, 0.29) is 0 Å². The number of aromatic nitrogens is 1. The van der Waals surface area contributed by atoms with E-state index in [9.17, 15) is 0 Å². The average Bonchev–Trinajstić information content (AvgIpc) is 2.45. The Labute approximate surface area is 126 Å². The second kappa shape index (κ2) is 10.0. The normalized spacial score (nSPS) is 13.9. The van der Waals surface area contributed by atoms with Crippen LogP contribution in [-0.4, -0.2) is 12.3 Å². The molecular weight excluding hydrogens is 241 g/mol. The number of hydrogen-bond donors (Lipinski definition) is 0. The van der Waals surface area contributed by atoms with Gasteiger partial charge in [0.05, 0.1) is 0 Å². The molecule has 0 aliphatic heterocycles. The smallest absolute Gasteiger partial charge is 0.188 e. The van der Waals surface area contributed by atoms with E-state index in [2.05, 4.69) is 37.9 Å². The molecule has 0 amide bonds. The summed E-state index contributed by atoms with van der Waals surface area (Å²) >= 11 is 0. The molecule has 0 aliphatic carbocycles. The average molecular weight is 273 g/mol. The molecule has 2 heteroatoms. The van der Waals surface area contributed by atoms with Crippen molar-refractivity contribution in [3.63, 3.8) is 0 Å². The fourth-order valence-corrected chi connectivity index (χ4v) is 3.02. The van der Waals surface area contributed by atoms with Gasteiger partial charge in [-0.15, -0.1) is 0 Å². The molecule has 112 valence electrons. The molecule has 0 bridgehead atoms. The molecule has 1 aromatic heterocycles. The first-order valence-electron chi connectivity index (χ1n) is 8.60. The Hall–Kier alpha value is -0.785. The minimum atomic E-state index is 0.442. The molecule has 0 radical (unpaired) electrons. The molecule has 1 atom stereocenters. The van der Waals surface area contributed by atoms with Crippen molar-refractivity contribution < 1.29 is 0 Å². The monoisotopic (exact) mass is 273 g/mol. The van der Waals surface area contributed by atoms with Gasteiger partial charge < -0.3 is 0 Å². The van der Waals surface area contributed by atoms with Gasteiger partial charge in [0.25, 0.3) is 0 Å². The van der Waals surface area contributed by atoms with E-state index < -0.39 is 0 Å². The van der Waals surface area contributed by atoms with Gasteiger partial charge in [-0.1, -0.05) is 96.0 Å². The summed E-state index contributed by atoms with van der Waals surface area (Å²) in [6, 6.07) is 6.31. The Kier molecular flexibility index (Phi) is 8.65. The van der Waals surface area contributed by atoms with E-state index in [4.69, 9.17) is 0 Å². The summed E-state index contributed by atoms with van der Waals surface area (Å²) in [7, 11) is 1.14. The number of nitrogens with zero attached hydrogens (tertiary/aromatic N) is 1. The molecule has 1 aromatic rings. The van der Waals surface area contributed by atoms with Gasteiger partial charge in [-0.25, -0.2) is 0 Å². The number of hydrogen-bond acceptors (Lipinski definition) is 1. The lowest BCUT2D eigenvalue weighted by Crippen LogP contribution is -2.30. The van der Waals surface area contributed by atoms with Crippen LogP contribution >= 0.6 is 0 Å². The fraction of sp³-hybridized carbons (Fsp3) is 0.722. The molecular formula is C18H32BN. The van der Waals surface area contributed by atoms with E-state index in [1.54, 1.807) is 0 Å². The molecule has 1 unspecified atom stereocenters. The predicted molar refractivity (Wildman–Crippen MR) is 92.3 cm³/mol. The summed E-state index contributed by atoms with van der Waals surface area (Å²) in [4.78, 5) is 4.54. The molecule has 0 saturated heterocycles. The first-order valence-corrected chi connectivity index (χ1v) is 8.60. The maximum absolute atomic E-state index is 4.54. The second-order valence-electron chi connectivity index (χ2n) is 6.58. The van der Waals surface area contributed by atoms with Crippen molar-refractivity contribution in [1.82, 2.24) is 4.98 Å². The quantitative estimate of drug-likeness (QED) is 0.414. The molecule has 0 aliphatic rings. The lowest BCUT2D eigenvalue weighted by Gasteiger charge is -2.29. The van der Waals surface area contributed by atoms with Crippen molar-refractivity contribution in [1.29, 1.82) is 0 Å². The Morgan fingerprint density at radius 2 is 1.60 bits per heavy atom. The topological polar surface area (TPSA) is 12.9 Å². The van der Waals surface area contributed by atoms with Gasteiger partial charge in [0.2, 0.25) is 0 Å². The van der Waals surface area contributed by atoms with Crippen molar-refractivity contribution in [3.05, 3.63) is 24.4 Å². The summed E-state index contributed by atoms with van der Waals surface area (Å²) in [5.74, 6) is 0. The minimum Gasteiger partial charge on any atom is -0.272 e. The van der Waals surface area contributed by atoms with Gasteiger partial charge in [-0.3, -0.25) is 4.98 Å². The molecule has 1 heterocycles. The van der Waals surface area contributed by atoms with Crippen molar-refractivity contribution in [2.45, 2.75) is 83.9 Å². The van der Waals surface area contributed by atoms with Gasteiger partial charge in [0.15, 0.2) is 7.28 Å². The van der Waals surface area contributed by atoms with Crippen molar-refractivity contribution in [3.8, 4) is 0 Å². The van der Waals surface area contributed by atoms with Gasteiger partial charge >= 0.3 is 0 Å². The Bertz CT molecular complexity index is 339. The Morgan fingerprint density at radius 3 is 2.20 bits per heavy atom. The summed E-state index contributed by atoms with van der Waals surface area (Å²) < 4.78 is 0. The van der Waals surface area contributed by atoms with E-state index in [0.717, 1.165) is 7.28 Å². The number of unbranched alkanes of at least 4 members (excludes halogenated alkanes) is 5. The summed E-state index contributed by atoms with van der Waals surface area (Å²) in [6.45, 7) is 7.05. The molecule has 0 N–H and O–H groups in total. The van der Waals surface area contributed by atoms with Crippen LogP contribution in [0.25, 0.3) is 0 Å². The second-order valence-corrected chi connectivity index (χ2v) is 6.58. The summed E-state index contributed by atoms with van der Waals surface area (Å²) in [5.41, 5.74) is 1.27. The molecule has 1 rings (SSSR count). The van der Waals surface area contributed by atoms with E-state index in [1.165, 1.54) is 63.4 Å². The van der Waals surface area contributed by atoms with Crippen LogP contribution in [0, 0.1) is 0 Å². The fourth-order valence-electron chi connectivity index (χ4n) is 3.02. The van der Waals surface area contributed by atoms with E-state index in [0.29, 0.717) is 5.31 Å². The zero-order valence-electron chi connectivity index (χ0n) is 13.8. The standard InChI is InChI=1S/C18H32BN/c1-4-6-8-11-15-18(3,14-10-7-5-2)19-17-13-9-12-16-20-17/h9,12-13,16,19H,4-8,10-11,14-15H2,1-3H3. The molecule has 0 saturated carbocycles. The number of pyridine rings is 1. The molecule has 0 fully saturated rings. The Balaban J connectivity index is 2.52. The van der Waals surface area contributed by atoms with Crippen LogP contribution in [0.2, 0.25) is 5.31 Å². The number of rotatable bonds is 11. The van der Waals surface area contributed by atoms with Crippen LogP contribution in [0.15, 0.2) is 24.4 Å². The third kappa shape index (κ3) is 7.12. The summed E-state index contributed by atoms with van der Waals surface area (Å²) in [5, 5.41) is 0.442. The zero-order chi connectivity index (χ0) is 14.7. The highest BCUT2D eigenvalue weighted by Gasteiger charge is 2.25. The molecule has 1 nitrogen and oxygen atoms in total. The third-order valence-electron chi connectivity index (χ3n) is 4.35. The molecule has 0 aromatic carbocycles. The Morgan fingerprint density at radius 1 is 0.950 bits per heavy atom. The zero-order valence-corrected chi connectivity index (χ0v) is 13.8. The van der Waals surface area contributed by atoms with Crippen molar-refractivity contribution in [2.24, 2.45) is 0 Å². The van der Waals surface area contributed by atoms with Crippen LogP contribution in [0.5, 0.6) is 0 Å². The van der Waals surface area contributed by atoms with Crippen LogP contribution < -0.4 is 5.59 Å². The highest BCUT2D eigenvalue weighted by molar-refractivity contribution is 6.55. The highest BCUT2D eigenvalue weighted by atomic mass is 14.6. The first-order chi connectivity index (χ1) is 9.70. The first kappa shape index (κ1) is 17.3. The molecule has 0 spiro atoms.